The van der Waals surface area contributed by atoms with Crippen molar-refractivity contribution < 1.29 is 18.6 Å². The van der Waals surface area contributed by atoms with Crippen LogP contribution in [0.1, 0.15) is 35.4 Å². The normalized spacial score (nSPS) is 12.9. The van der Waals surface area contributed by atoms with Gasteiger partial charge in [-0.3, -0.25) is 4.99 Å². The Bertz CT molecular complexity index is 738. The van der Waals surface area contributed by atoms with Crippen molar-refractivity contribution in [2.75, 3.05) is 19.6 Å². The van der Waals surface area contributed by atoms with Crippen LogP contribution in [0, 0.1) is 0 Å². The fourth-order valence-corrected chi connectivity index (χ4v) is 3.27. The number of aliphatic hydroxyl groups excluding tert-OH is 1. The van der Waals surface area contributed by atoms with Crippen LogP contribution in [0.4, 0.5) is 8.78 Å². The Kier molecular flexibility index (Phi) is 9.09. The number of aliphatic hydroxyl groups is 1. The number of hydrogen-bond donors (Lipinski definition) is 3. The number of nitrogens with one attached hydrogen (secondary N) is 2. The van der Waals surface area contributed by atoms with Gasteiger partial charge in [0.2, 0.25) is 0 Å². The molecule has 1 atom stereocenters. The lowest BCUT2D eigenvalue weighted by atomic mass is 10.1. The summed E-state index contributed by atoms with van der Waals surface area (Å²) in [7, 11) is 0. The first-order valence-electron chi connectivity index (χ1n) is 9.20. The number of aliphatic imine (C=N–C) groups is 1. The van der Waals surface area contributed by atoms with Crippen molar-refractivity contribution in [1.82, 2.24) is 15.6 Å². The highest BCUT2D eigenvalue weighted by atomic mass is 32.1. The van der Waals surface area contributed by atoms with E-state index in [4.69, 9.17) is 0 Å². The topological polar surface area (TPSA) is 78.8 Å². The van der Waals surface area contributed by atoms with Gasteiger partial charge in [0, 0.05) is 30.6 Å². The molecule has 0 saturated heterocycles. The van der Waals surface area contributed by atoms with E-state index in [-0.39, 0.29) is 12.3 Å². The summed E-state index contributed by atoms with van der Waals surface area (Å²) in [5.41, 5.74) is 0.580. The second-order valence-corrected chi connectivity index (χ2v) is 7.13. The maximum absolute atomic E-state index is 12.2. The first-order chi connectivity index (χ1) is 13.5. The molecule has 154 valence electrons. The van der Waals surface area contributed by atoms with Gasteiger partial charge in [0.15, 0.2) is 5.96 Å². The van der Waals surface area contributed by atoms with Crippen LogP contribution in [-0.4, -0.2) is 42.3 Å². The van der Waals surface area contributed by atoms with Gasteiger partial charge in [0.1, 0.15) is 5.75 Å². The first-order valence-corrected chi connectivity index (χ1v) is 10.0. The minimum atomic E-state index is -2.87. The molecule has 2 rings (SSSR count). The van der Waals surface area contributed by atoms with Crippen LogP contribution >= 0.6 is 11.3 Å². The predicted octanol–water partition coefficient (Wildman–Crippen LogP) is 3.14. The van der Waals surface area contributed by atoms with Crippen molar-refractivity contribution >= 4 is 17.3 Å². The number of benzene rings is 1. The van der Waals surface area contributed by atoms with Gasteiger partial charge in [0.05, 0.1) is 17.7 Å². The number of nitrogens with zero attached hydrogens (tertiary/aromatic N) is 2. The molecule has 0 saturated carbocycles. The van der Waals surface area contributed by atoms with Gasteiger partial charge < -0.3 is 20.5 Å². The average Bonchev–Trinajstić information content (AvgIpc) is 3.14. The lowest BCUT2D eigenvalue weighted by Gasteiger charge is -2.13. The SMILES string of the molecule is CCNC(=NCC(O)c1ccc(OC(F)F)cc1)NCCc1ncc(CC)s1. The zero-order valence-corrected chi connectivity index (χ0v) is 16.8. The number of ether oxygens (including phenoxy) is 1. The van der Waals surface area contributed by atoms with E-state index in [2.05, 4.69) is 32.3 Å². The predicted molar refractivity (Wildman–Crippen MR) is 107 cm³/mol. The van der Waals surface area contributed by atoms with Crippen molar-refractivity contribution in [3.63, 3.8) is 0 Å². The molecule has 0 aliphatic rings. The second-order valence-electron chi connectivity index (χ2n) is 5.93. The van der Waals surface area contributed by atoms with Gasteiger partial charge in [-0.2, -0.15) is 8.78 Å². The molecule has 1 aromatic carbocycles. The summed E-state index contributed by atoms with van der Waals surface area (Å²) in [4.78, 5) is 10.0. The highest BCUT2D eigenvalue weighted by Crippen LogP contribution is 2.19. The molecule has 1 aromatic heterocycles. The van der Waals surface area contributed by atoms with Crippen LogP contribution in [0.25, 0.3) is 0 Å². The maximum Gasteiger partial charge on any atom is 0.387 e. The molecule has 3 N–H and O–H groups in total. The summed E-state index contributed by atoms with van der Waals surface area (Å²) in [6, 6.07) is 5.89. The molecule has 28 heavy (non-hydrogen) atoms. The van der Waals surface area contributed by atoms with Crippen molar-refractivity contribution in [2.24, 2.45) is 4.99 Å². The lowest BCUT2D eigenvalue weighted by Crippen LogP contribution is -2.38. The van der Waals surface area contributed by atoms with Gasteiger partial charge in [0.25, 0.3) is 0 Å². The fourth-order valence-electron chi connectivity index (χ4n) is 2.41. The molecule has 0 fully saturated rings. The largest absolute Gasteiger partial charge is 0.435 e. The molecule has 2 aromatic rings. The number of thiazole rings is 1. The van der Waals surface area contributed by atoms with E-state index < -0.39 is 12.7 Å². The Balaban J connectivity index is 1.86. The molecule has 0 spiro atoms. The van der Waals surface area contributed by atoms with Gasteiger partial charge in [-0.15, -0.1) is 11.3 Å². The van der Waals surface area contributed by atoms with Crippen LogP contribution in [0.2, 0.25) is 0 Å². The molecule has 0 aliphatic carbocycles. The summed E-state index contributed by atoms with van der Waals surface area (Å²) in [5.74, 6) is 0.657. The third-order valence-corrected chi connectivity index (χ3v) is 5.04. The lowest BCUT2D eigenvalue weighted by molar-refractivity contribution is -0.0498. The molecule has 6 nitrogen and oxygen atoms in total. The number of aryl methyl sites for hydroxylation is 1. The van der Waals surface area contributed by atoms with E-state index in [9.17, 15) is 13.9 Å². The van der Waals surface area contributed by atoms with Crippen molar-refractivity contribution in [1.29, 1.82) is 0 Å². The Labute approximate surface area is 167 Å². The molecule has 1 unspecified atom stereocenters. The summed E-state index contributed by atoms with van der Waals surface area (Å²) in [6.07, 6.45) is 2.85. The summed E-state index contributed by atoms with van der Waals surface area (Å²) >= 11 is 1.71. The van der Waals surface area contributed by atoms with Crippen molar-refractivity contribution in [3.8, 4) is 5.75 Å². The highest BCUT2D eigenvalue weighted by Gasteiger charge is 2.10. The number of aromatic nitrogens is 1. The summed E-state index contributed by atoms with van der Waals surface area (Å²) in [5, 5.41) is 17.7. The van der Waals surface area contributed by atoms with Crippen LogP contribution in [0.3, 0.4) is 0 Å². The Morgan fingerprint density at radius 3 is 2.61 bits per heavy atom. The van der Waals surface area contributed by atoms with E-state index in [1.54, 1.807) is 23.5 Å². The third kappa shape index (κ3) is 7.40. The van der Waals surface area contributed by atoms with Crippen LogP contribution in [0.5, 0.6) is 5.75 Å². The minimum Gasteiger partial charge on any atom is -0.435 e. The van der Waals surface area contributed by atoms with E-state index in [0.717, 1.165) is 17.8 Å². The third-order valence-electron chi connectivity index (χ3n) is 3.84. The quantitative estimate of drug-likeness (QED) is 0.413. The molecule has 1 heterocycles. The van der Waals surface area contributed by atoms with Gasteiger partial charge >= 0.3 is 6.61 Å². The Morgan fingerprint density at radius 2 is 2.00 bits per heavy atom. The monoisotopic (exact) mass is 412 g/mol. The van der Waals surface area contributed by atoms with Crippen LogP contribution < -0.4 is 15.4 Å². The van der Waals surface area contributed by atoms with Crippen molar-refractivity contribution in [2.45, 2.75) is 39.4 Å². The smallest absolute Gasteiger partial charge is 0.387 e. The molecular formula is C19H26F2N4O2S. The zero-order chi connectivity index (χ0) is 20.4. The van der Waals surface area contributed by atoms with E-state index >= 15 is 0 Å². The van der Waals surface area contributed by atoms with Gasteiger partial charge in [-0.25, -0.2) is 4.98 Å². The summed E-state index contributed by atoms with van der Waals surface area (Å²) in [6.45, 7) is 2.71. The van der Waals surface area contributed by atoms with Crippen molar-refractivity contribution in [3.05, 3.63) is 45.9 Å². The zero-order valence-electron chi connectivity index (χ0n) is 16.0. The number of guanidine groups is 1. The van der Waals surface area contributed by atoms with Crippen LogP contribution in [0.15, 0.2) is 35.5 Å². The number of alkyl halides is 2. The minimum absolute atomic E-state index is 0.0536. The Morgan fingerprint density at radius 1 is 1.25 bits per heavy atom. The van der Waals surface area contributed by atoms with Crippen LogP contribution in [-0.2, 0) is 12.8 Å². The molecule has 0 radical (unpaired) electrons. The first kappa shape index (κ1) is 22.0. The molecule has 0 amide bonds. The highest BCUT2D eigenvalue weighted by molar-refractivity contribution is 7.11. The van der Waals surface area contributed by atoms with E-state index in [1.165, 1.54) is 17.0 Å². The van der Waals surface area contributed by atoms with Gasteiger partial charge in [-0.05, 0) is 31.0 Å². The summed E-state index contributed by atoms with van der Waals surface area (Å²) < 4.78 is 28.7. The van der Waals surface area contributed by atoms with E-state index in [0.29, 0.717) is 24.6 Å². The molecule has 0 bridgehead atoms. The number of rotatable bonds is 10. The maximum atomic E-state index is 12.2. The van der Waals surface area contributed by atoms with Gasteiger partial charge in [-0.1, -0.05) is 19.1 Å². The standard InChI is InChI=1S/C19H26F2N4O2S/c1-3-15-11-24-17(28-15)9-10-23-19(22-4-2)25-12-16(26)13-5-7-14(8-6-13)27-18(20)21/h5-8,11,16,18,26H,3-4,9-10,12H2,1-2H3,(H2,22,23,25). The number of hydrogen-bond acceptors (Lipinski definition) is 5. The molecular weight excluding hydrogens is 386 g/mol. The molecule has 9 heteroatoms. The van der Waals surface area contributed by atoms with E-state index in [1.807, 2.05) is 13.1 Å². The Hall–Kier alpha value is -2.26. The molecule has 0 aliphatic heterocycles. The second kappa shape index (κ2) is 11.6. The number of halogens is 2. The fraction of sp³-hybridized carbons (Fsp3) is 0.474. The average molecular weight is 413 g/mol.